The quantitative estimate of drug-likeness (QED) is 0.608. The highest BCUT2D eigenvalue weighted by Crippen LogP contribution is 2.33. The highest BCUT2D eigenvalue weighted by Gasteiger charge is 2.34. The van der Waals surface area contributed by atoms with E-state index in [4.69, 9.17) is 5.26 Å². The van der Waals surface area contributed by atoms with E-state index in [1.807, 2.05) is 0 Å². The van der Waals surface area contributed by atoms with Crippen LogP contribution in [-0.4, -0.2) is 8.42 Å². The van der Waals surface area contributed by atoms with Crippen LogP contribution in [0.1, 0.15) is 11.1 Å². The third-order valence-corrected chi connectivity index (χ3v) is 3.07. The molecule has 0 saturated carbocycles. The number of rotatable bonds is 2. The van der Waals surface area contributed by atoms with Gasteiger partial charge in [-0.1, -0.05) is 0 Å². The third-order valence-electron chi connectivity index (χ3n) is 1.88. The lowest BCUT2D eigenvalue weighted by atomic mass is 10.1. The normalized spacial score (nSPS) is 12.2. The molecule has 0 heterocycles. The van der Waals surface area contributed by atoms with Crippen LogP contribution < -0.4 is 10.7 Å². The molecule has 0 aliphatic carbocycles. The smallest absolute Gasteiger partial charge is 0.257 e. The van der Waals surface area contributed by atoms with Crippen LogP contribution in [0.4, 0.5) is 13.2 Å². The molecule has 9 heteroatoms. The van der Waals surface area contributed by atoms with E-state index in [0.717, 1.165) is 12.1 Å². The van der Waals surface area contributed by atoms with E-state index in [2.05, 4.69) is 5.84 Å². The van der Waals surface area contributed by atoms with Crippen molar-refractivity contribution in [3.63, 3.8) is 0 Å². The van der Waals surface area contributed by atoms with Gasteiger partial charge in [0.2, 0.25) is 0 Å². The van der Waals surface area contributed by atoms with Gasteiger partial charge in [0, 0.05) is 0 Å². The summed E-state index contributed by atoms with van der Waals surface area (Å²) in [5, 5.41) is 8.49. The molecule has 0 fully saturated rings. The van der Waals surface area contributed by atoms with Gasteiger partial charge in [0.05, 0.1) is 22.1 Å². The fourth-order valence-electron chi connectivity index (χ4n) is 1.09. The maximum absolute atomic E-state index is 12.5. The molecule has 0 spiro atoms. The van der Waals surface area contributed by atoms with Crippen molar-refractivity contribution < 1.29 is 21.6 Å². The summed E-state index contributed by atoms with van der Waals surface area (Å²) in [5.41, 5.74) is -1.98. The zero-order valence-electron chi connectivity index (χ0n) is 8.12. The van der Waals surface area contributed by atoms with Crippen molar-refractivity contribution in [3.05, 3.63) is 29.3 Å². The molecule has 17 heavy (non-hydrogen) atoms. The number of nitriles is 1. The number of hydrazine groups is 1. The first kappa shape index (κ1) is 13.4. The maximum Gasteiger partial charge on any atom is 0.417 e. The molecule has 0 amide bonds. The first-order valence-electron chi connectivity index (χ1n) is 4.06. The van der Waals surface area contributed by atoms with Crippen LogP contribution in [-0.2, 0) is 16.2 Å². The Balaban J connectivity index is 3.51. The van der Waals surface area contributed by atoms with Crippen LogP contribution in [0.25, 0.3) is 0 Å². The van der Waals surface area contributed by atoms with Crippen molar-refractivity contribution >= 4 is 10.0 Å². The van der Waals surface area contributed by atoms with Gasteiger partial charge in [-0.05, 0) is 18.2 Å². The second kappa shape index (κ2) is 4.33. The number of nitrogens with two attached hydrogens (primary N) is 1. The van der Waals surface area contributed by atoms with Gasteiger partial charge in [0.15, 0.2) is 0 Å². The summed E-state index contributed by atoms with van der Waals surface area (Å²) in [6.07, 6.45) is -4.81. The van der Waals surface area contributed by atoms with Gasteiger partial charge in [-0.25, -0.2) is 8.42 Å². The minimum absolute atomic E-state index is 0.355. The van der Waals surface area contributed by atoms with Gasteiger partial charge in [-0.3, -0.25) is 5.84 Å². The van der Waals surface area contributed by atoms with E-state index in [0.29, 0.717) is 6.07 Å². The first-order valence-corrected chi connectivity index (χ1v) is 5.54. The van der Waals surface area contributed by atoms with Crippen molar-refractivity contribution in [3.8, 4) is 6.07 Å². The number of nitrogens with one attached hydrogen (secondary N) is 1. The standard InChI is InChI=1S/C8H6F3N3O2S/c9-8(10,11)7-3-6(17(15,16)14-13)2-1-5(7)4-12/h1-3,14H,13H2. The van der Waals surface area contributed by atoms with Crippen molar-refractivity contribution in [2.75, 3.05) is 0 Å². The van der Waals surface area contributed by atoms with E-state index < -0.39 is 32.2 Å². The van der Waals surface area contributed by atoms with Crippen LogP contribution in [0.3, 0.4) is 0 Å². The summed E-state index contributed by atoms with van der Waals surface area (Å²) in [7, 11) is -4.19. The molecule has 0 saturated heterocycles. The van der Waals surface area contributed by atoms with E-state index in [1.54, 1.807) is 0 Å². The fraction of sp³-hybridized carbons (Fsp3) is 0.125. The van der Waals surface area contributed by atoms with Crippen LogP contribution in [0.2, 0.25) is 0 Å². The topological polar surface area (TPSA) is 96.0 Å². The Morgan fingerprint density at radius 2 is 1.94 bits per heavy atom. The zero-order chi connectivity index (χ0) is 13.3. The Hall–Kier alpha value is -1.63. The minimum atomic E-state index is -4.81. The number of alkyl halides is 3. The molecular weight excluding hydrogens is 259 g/mol. The maximum atomic E-state index is 12.5. The lowest BCUT2D eigenvalue weighted by Crippen LogP contribution is -2.30. The second-order valence-electron chi connectivity index (χ2n) is 2.94. The van der Waals surface area contributed by atoms with Gasteiger partial charge in [0.25, 0.3) is 10.0 Å². The summed E-state index contributed by atoms with van der Waals surface area (Å²) >= 11 is 0. The summed E-state index contributed by atoms with van der Waals surface area (Å²) in [5.74, 6) is 4.68. The molecule has 5 nitrogen and oxygen atoms in total. The van der Waals surface area contributed by atoms with Crippen LogP contribution in [0, 0.1) is 11.3 Å². The van der Waals surface area contributed by atoms with Crippen LogP contribution >= 0.6 is 0 Å². The summed E-state index contributed by atoms with van der Waals surface area (Å²) in [6.45, 7) is 0. The second-order valence-corrected chi connectivity index (χ2v) is 4.65. The largest absolute Gasteiger partial charge is 0.417 e. The molecule has 92 valence electrons. The van der Waals surface area contributed by atoms with E-state index in [1.165, 1.54) is 10.9 Å². The van der Waals surface area contributed by atoms with Gasteiger partial charge < -0.3 is 0 Å². The van der Waals surface area contributed by atoms with Gasteiger partial charge in [0.1, 0.15) is 0 Å². The first-order chi connectivity index (χ1) is 7.72. The van der Waals surface area contributed by atoms with Gasteiger partial charge >= 0.3 is 6.18 Å². The summed E-state index contributed by atoms with van der Waals surface area (Å²) in [6, 6.07) is 3.32. The molecule has 1 aromatic rings. The highest BCUT2D eigenvalue weighted by atomic mass is 32.2. The number of halogens is 3. The third kappa shape index (κ3) is 2.73. The number of benzene rings is 1. The molecule has 0 radical (unpaired) electrons. The average molecular weight is 265 g/mol. The molecule has 0 atom stereocenters. The van der Waals surface area contributed by atoms with Crippen molar-refractivity contribution in [1.29, 1.82) is 5.26 Å². The number of nitrogens with zero attached hydrogens (tertiary/aromatic N) is 1. The molecule has 0 aliphatic rings. The molecule has 1 rings (SSSR count). The van der Waals surface area contributed by atoms with Crippen LogP contribution in [0.15, 0.2) is 23.1 Å². The van der Waals surface area contributed by atoms with Gasteiger partial charge in [-0.2, -0.15) is 23.3 Å². The predicted octanol–water partition coefficient (Wildman–Crippen LogP) is 0.729. The van der Waals surface area contributed by atoms with Crippen molar-refractivity contribution in [2.45, 2.75) is 11.1 Å². The summed E-state index contributed by atoms with van der Waals surface area (Å²) < 4.78 is 59.9. The Labute approximate surface area is 94.7 Å². The number of sulfonamides is 1. The monoisotopic (exact) mass is 265 g/mol. The molecule has 3 N–H and O–H groups in total. The molecule has 0 bridgehead atoms. The minimum Gasteiger partial charge on any atom is -0.257 e. The average Bonchev–Trinajstić information content (AvgIpc) is 2.27. The van der Waals surface area contributed by atoms with Gasteiger partial charge in [-0.15, -0.1) is 0 Å². The number of hydrogen-bond acceptors (Lipinski definition) is 4. The lowest BCUT2D eigenvalue weighted by molar-refractivity contribution is -0.137. The Morgan fingerprint density at radius 1 is 1.35 bits per heavy atom. The fourth-order valence-corrected chi connectivity index (χ4v) is 1.75. The molecule has 0 aromatic heterocycles. The predicted molar refractivity (Wildman–Crippen MR) is 50.7 cm³/mol. The molecule has 0 unspecified atom stereocenters. The van der Waals surface area contributed by atoms with Crippen molar-refractivity contribution in [2.24, 2.45) is 5.84 Å². The summed E-state index contributed by atoms with van der Waals surface area (Å²) in [4.78, 5) is 0.735. The highest BCUT2D eigenvalue weighted by molar-refractivity contribution is 7.89. The molecular formula is C8H6F3N3O2S. The lowest BCUT2D eigenvalue weighted by Gasteiger charge is -2.10. The van der Waals surface area contributed by atoms with E-state index in [-0.39, 0.29) is 0 Å². The zero-order valence-corrected chi connectivity index (χ0v) is 8.93. The molecule has 1 aromatic carbocycles. The molecule has 0 aliphatic heterocycles. The van der Waals surface area contributed by atoms with E-state index in [9.17, 15) is 21.6 Å². The SMILES string of the molecule is N#Cc1ccc(S(=O)(=O)NN)cc1C(F)(F)F. The Kier molecular flexibility index (Phi) is 3.42. The van der Waals surface area contributed by atoms with E-state index >= 15 is 0 Å². The Morgan fingerprint density at radius 3 is 2.35 bits per heavy atom. The van der Waals surface area contributed by atoms with Crippen LogP contribution in [0.5, 0.6) is 0 Å². The number of hydrogen-bond donors (Lipinski definition) is 2. The Bertz CT molecular complexity index is 575. The van der Waals surface area contributed by atoms with Crippen molar-refractivity contribution in [1.82, 2.24) is 4.83 Å².